The van der Waals surface area contributed by atoms with Crippen molar-refractivity contribution >= 4 is 0 Å². The molecule has 0 aromatic heterocycles. The zero-order valence-corrected chi connectivity index (χ0v) is 10.4. The second-order valence-corrected chi connectivity index (χ2v) is 4.32. The van der Waals surface area contributed by atoms with Gasteiger partial charge >= 0.3 is 0 Å². The summed E-state index contributed by atoms with van der Waals surface area (Å²) in [6, 6.07) is 9.36. The molecule has 0 aliphatic rings. The topological polar surface area (TPSA) is 12.0 Å². The van der Waals surface area contributed by atoms with Crippen LogP contribution in [-0.2, 0) is 6.54 Å². The first-order valence-electron chi connectivity index (χ1n) is 5.81. The maximum Gasteiger partial charge on any atom is 0.131 e. The van der Waals surface area contributed by atoms with E-state index in [1.54, 1.807) is 25.2 Å². The van der Waals surface area contributed by atoms with E-state index in [2.05, 4.69) is 5.32 Å². The Labute approximate surface area is 105 Å². The highest BCUT2D eigenvalue weighted by molar-refractivity contribution is 5.68. The van der Waals surface area contributed by atoms with Gasteiger partial charge in [0.05, 0.1) is 0 Å². The minimum atomic E-state index is -0.308. The number of hydrogen-bond donors (Lipinski definition) is 1. The lowest BCUT2D eigenvalue weighted by Crippen LogP contribution is -2.07. The molecule has 0 saturated heterocycles. The molecule has 0 spiro atoms. The van der Waals surface area contributed by atoms with Crippen molar-refractivity contribution < 1.29 is 8.78 Å². The number of halogens is 2. The molecular weight excluding hydrogens is 232 g/mol. The molecule has 94 valence electrons. The van der Waals surface area contributed by atoms with E-state index in [9.17, 15) is 8.78 Å². The van der Waals surface area contributed by atoms with Crippen molar-refractivity contribution in [2.45, 2.75) is 13.5 Å². The summed E-state index contributed by atoms with van der Waals surface area (Å²) in [6.07, 6.45) is 0. The summed E-state index contributed by atoms with van der Waals surface area (Å²) in [7, 11) is 1.78. The predicted octanol–water partition coefficient (Wildman–Crippen LogP) is 3.66. The van der Waals surface area contributed by atoms with Gasteiger partial charge < -0.3 is 5.32 Å². The quantitative estimate of drug-likeness (QED) is 0.872. The fourth-order valence-electron chi connectivity index (χ4n) is 2.01. The zero-order valence-electron chi connectivity index (χ0n) is 10.4. The molecule has 0 unspecified atom stereocenters. The number of nitrogens with one attached hydrogen (secondary N) is 1. The van der Waals surface area contributed by atoms with Crippen LogP contribution in [-0.4, -0.2) is 7.05 Å². The Bertz CT molecular complexity index is 564. The van der Waals surface area contributed by atoms with E-state index in [0.717, 1.165) is 16.7 Å². The van der Waals surface area contributed by atoms with Gasteiger partial charge in [0.1, 0.15) is 11.6 Å². The van der Waals surface area contributed by atoms with Crippen LogP contribution in [0, 0.1) is 18.6 Å². The first-order chi connectivity index (χ1) is 8.61. The molecule has 0 aliphatic carbocycles. The number of aryl methyl sites for hydroxylation is 1. The van der Waals surface area contributed by atoms with E-state index < -0.39 is 0 Å². The molecule has 0 amide bonds. The average molecular weight is 247 g/mol. The smallest absolute Gasteiger partial charge is 0.131 e. The number of rotatable bonds is 3. The second kappa shape index (κ2) is 5.27. The van der Waals surface area contributed by atoms with Crippen LogP contribution in [0.15, 0.2) is 36.4 Å². The summed E-state index contributed by atoms with van der Waals surface area (Å²) in [4.78, 5) is 0. The molecule has 0 atom stereocenters. The van der Waals surface area contributed by atoms with Gasteiger partial charge in [-0.05, 0) is 49.4 Å². The molecule has 2 aromatic carbocycles. The first kappa shape index (κ1) is 12.7. The molecule has 0 radical (unpaired) electrons. The lowest BCUT2D eigenvalue weighted by molar-refractivity contribution is 0.621. The van der Waals surface area contributed by atoms with Gasteiger partial charge in [-0.15, -0.1) is 0 Å². The summed E-state index contributed by atoms with van der Waals surface area (Å²) in [5.74, 6) is -0.596. The molecule has 1 nitrogen and oxygen atoms in total. The third-order valence-electron chi connectivity index (χ3n) is 2.85. The fourth-order valence-corrected chi connectivity index (χ4v) is 2.01. The molecule has 2 aromatic rings. The summed E-state index contributed by atoms with van der Waals surface area (Å²) >= 11 is 0. The molecule has 0 aliphatic heterocycles. The van der Waals surface area contributed by atoms with Crippen LogP contribution in [0.25, 0.3) is 11.1 Å². The molecule has 3 heteroatoms. The van der Waals surface area contributed by atoms with Gasteiger partial charge in [0, 0.05) is 12.1 Å². The Morgan fingerprint density at radius 1 is 1.00 bits per heavy atom. The van der Waals surface area contributed by atoms with Gasteiger partial charge in [-0.3, -0.25) is 0 Å². The van der Waals surface area contributed by atoms with Gasteiger partial charge in [-0.2, -0.15) is 0 Å². The lowest BCUT2D eigenvalue weighted by atomic mass is 9.97. The monoisotopic (exact) mass is 247 g/mol. The van der Waals surface area contributed by atoms with Crippen molar-refractivity contribution in [3.63, 3.8) is 0 Å². The molecule has 2 rings (SSSR count). The van der Waals surface area contributed by atoms with Crippen molar-refractivity contribution in [3.8, 4) is 11.1 Å². The van der Waals surface area contributed by atoms with Crippen molar-refractivity contribution in [2.75, 3.05) is 7.05 Å². The van der Waals surface area contributed by atoms with E-state index in [0.29, 0.717) is 12.1 Å². The molecule has 0 heterocycles. The molecule has 18 heavy (non-hydrogen) atoms. The van der Waals surface area contributed by atoms with Crippen molar-refractivity contribution in [1.29, 1.82) is 0 Å². The molecule has 0 bridgehead atoms. The van der Waals surface area contributed by atoms with Crippen LogP contribution < -0.4 is 5.32 Å². The highest BCUT2D eigenvalue weighted by Crippen LogP contribution is 2.28. The Morgan fingerprint density at radius 3 is 2.50 bits per heavy atom. The Hall–Kier alpha value is -1.74. The summed E-state index contributed by atoms with van der Waals surface area (Å²) < 4.78 is 27.1. The van der Waals surface area contributed by atoms with Crippen LogP contribution in [0.5, 0.6) is 0 Å². The standard InChI is InChI=1S/C15H15F2N/c1-10-3-6-15(17)14(7-10)13-5-4-12(16)8-11(13)9-18-2/h3-8,18H,9H2,1-2H3. The molecule has 0 saturated carbocycles. The fraction of sp³-hybridized carbons (Fsp3) is 0.200. The predicted molar refractivity (Wildman–Crippen MR) is 69.3 cm³/mol. The van der Waals surface area contributed by atoms with E-state index in [4.69, 9.17) is 0 Å². The normalized spacial score (nSPS) is 10.7. The molecule has 1 N–H and O–H groups in total. The van der Waals surface area contributed by atoms with Crippen molar-refractivity contribution in [3.05, 3.63) is 59.2 Å². The SMILES string of the molecule is CNCc1cc(F)ccc1-c1cc(C)ccc1F. The van der Waals surface area contributed by atoms with Crippen LogP contribution in [0.2, 0.25) is 0 Å². The Kier molecular flexibility index (Phi) is 3.72. The van der Waals surface area contributed by atoms with Crippen LogP contribution in [0.3, 0.4) is 0 Å². The van der Waals surface area contributed by atoms with E-state index in [1.807, 2.05) is 6.92 Å². The summed E-state index contributed by atoms with van der Waals surface area (Å²) in [6.45, 7) is 2.41. The van der Waals surface area contributed by atoms with Gasteiger partial charge in [-0.1, -0.05) is 17.7 Å². The first-order valence-corrected chi connectivity index (χ1v) is 5.81. The largest absolute Gasteiger partial charge is 0.316 e. The van der Waals surface area contributed by atoms with E-state index in [-0.39, 0.29) is 11.6 Å². The van der Waals surface area contributed by atoms with Gasteiger partial charge in [0.2, 0.25) is 0 Å². The third-order valence-corrected chi connectivity index (χ3v) is 2.85. The van der Waals surface area contributed by atoms with Crippen molar-refractivity contribution in [2.24, 2.45) is 0 Å². The summed E-state index contributed by atoms with van der Waals surface area (Å²) in [5, 5.41) is 2.97. The maximum absolute atomic E-state index is 13.9. The molecule has 0 fully saturated rings. The minimum absolute atomic E-state index is 0.287. The highest BCUT2D eigenvalue weighted by atomic mass is 19.1. The van der Waals surface area contributed by atoms with Gasteiger partial charge in [0.15, 0.2) is 0 Å². The maximum atomic E-state index is 13.9. The van der Waals surface area contributed by atoms with E-state index in [1.165, 1.54) is 18.2 Å². The van der Waals surface area contributed by atoms with Crippen LogP contribution in [0.4, 0.5) is 8.78 Å². The highest BCUT2D eigenvalue weighted by Gasteiger charge is 2.10. The van der Waals surface area contributed by atoms with Crippen molar-refractivity contribution in [1.82, 2.24) is 5.32 Å². The van der Waals surface area contributed by atoms with E-state index >= 15 is 0 Å². The third kappa shape index (κ3) is 2.57. The zero-order chi connectivity index (χ0) is 13.1. The summed E-state index contributed by atoms with van der Waals surface area (Å²) in [5.41, 5.74) is 2.97. The van der Waals surface area contributed by atoms with Gasteiger partial charge in [0.25, 0.3) is 0 Å². The number of benzene rings is 2. The van der Waals surface area contributed by atoms with Crippen LogP contribution >= 0.6 is 0 Å². The lowest BCUT2D eigenvalue weighted by Gasteiger charge is -2.11. The van der Waals surface area contributed by atoms with Gasteiger partial charge in [-0.25, -0.2) is 8.78 Å². The average Bonchev–Trinajstić information content (AvgIpc) is 2.33. The van der Waals surface area contributed by atoms with Crippen LogP contribution in [0.1, 0.15) is 11.1 Å². The second-order valence-electron chi connectivity index (χ2n) is 4.32. The Morgan fingerprint density at radius 2 is 1.78 bits per heavy atom. The Balaban J connectivity index is 2.58. The minimum Gasteiger partial charge on any atom is -0.316 e. The molecular formula is C15H15F2N. The number of hydrogen-bond acceptors (Lipinski definition) is 1.